The van der Waals surface area contributed by atoms with Gasteiger partial charge in [0.25, 0.3) is 0 Å². The molecule has 7 nitrogen and oxygen atoms in total. The van der Waals surface area contributed by atoms with Gasteiger partial charge in [0.2, 0.25) is 9.84 Å². The maximum absolute atomic E-state index is 13.0. The Morgan fingerprint density at radius 2 is 1.90 bits per heavy atom. The number of benzene rings is 1. The van der Waals surface area contributed by atoms with Gasteiger partial charge in [-0.25, -0.2) is 13.4 Å². The molecule has 2 heterocycles. The molecule has 0 amide bonds. The van der Waals surface area contributed by atoms with Crippen LogP contribution in [0.15, 0.2) is 45.9 Å². The number of nitrogens with two attached hydrogens (primary N) is 1. The maximum Gasteiger partial charge on any atom is 0.217 e. The van der Waals surface area contributed by atoms with Crippen LogP contribution in [0.1, 0.15) is 23.9 Å². The lowest BCUT2D eigenvalue weighted by Crippen LogP contribution is -2.01. The molecule has 3 aromatic rings. The summed E-state index contributed by atoms with van der Waals surface area (Å²) in [5, 5.41) is 4.96. The van der Waals surface area contributed by atoms with E-state index in [1.807, 2.05) is 16.9 Å². The molecule has 0 saturated heterocycles. The largest absolute Gasteiger partial charge is 0.497 e. The summed E-state index contributed by atoms with van der Waals surface area (Å²) in [6, 6.07) is 5.44. The summed E-state index contributed by atoms with van der Waals surface area (Å²) in [7, 11) is -2.18. The van der Waals surface area contributed by atoms with Crippen molar-refractivity contribution in [3.63, 3.8) is 0 Å². The average Bonchev–Trinajstić information content (AvgIpc) is 3.19. The first-order chi connectivity index (χ1) is 12.5. The van der Waals surface area contributed by atoms with E-state index in [-0.39, 0.29) is 52.9 Å². The third kappa shape index (κ3) is 5.22. The number of hydrogen-bond acceptors (Lipinski definition) is 7. The van der Waals surface area contributed by atoms with Crippen LogP contribution in [-0.2, 0) is 16.4 Å². The highest BCUT2D eigenvalue weighted by molar-refractivity contribution is 7.93. The van der Waals surface area contributed by atoms with Crippen LogP contribution in [0.25, 0.3) is 11.1 Å². The molecule has 1 aliphatic rings. The van der Waals surface area contributed by atoms with E-state index in [1.165, 1.54) is 19.4 Å². The second kappa shape index (κ2) is 10.1. The topological polar surface area (TPSA) is 100 Å². The van der Waals surface area contributed by atoms with E-state index >= 15 is 0 Å². The van der Waals surface area contributed by atoms with Crippen LogP contribution in [0.5, 0.6) is 5.75 Å². The van der Waals surface area contributed by atoms with Gasteiger partial charge in [-0.2, -0.15) is 5.10 Å². The average molecular weight is 500 g/mol. The number of aromatic nitrogens is 3. The Morgan fingerprint density at radius 3 is 2.48 bits per heavy atom. The second-order valence-corrected chi connectivity index (χ2v) is 9.41. The number of thiazole rings is 1. The van der Waals surface area contributed by atoms with Gasteiger partial charge in [0.15, 0.2) is 0 Å². The molecule has 4 rings (SSSR count). The molecule has 0 aliphatic heterocycles. The van der Waals surface area contributed by atoms with Crippen LogP contribution in [0.4, 0.5) is 0 Å². The van der Waals surface area contributed by atoms with Crippen LogP contribution >= 0.6 is 48.6 Å². The molecule has 2 N–H and O–H groups in total. The minimum Gasteiger partial charge on any atom is -0.497 e. The molecule has 12 heteroatoms. The van der Waals surface area contributed by atoms with E-state index in [0.717, 1.165) is 35.3 Å². The Hall–Kier alpha value is -1.36. The highest BCUT2D eigenvalue weighted by Gasteiger charge is 2.25. The van der Waals surface area contributed by atoms with Gasteiger partial charge in [-0.05, 0) is 36.6 Å². The number of halogens is 3. The van der Waals surface area contributed by atoms with E-state index in [1.54, 1.807) is 12.3 Å². The van der Waals surface area contributed by atoms with Crippen molar-refractivity contribution in [2.75, 3.05) is 7.11 Å². The van der Waals surface area contributed by atoms with Crippen molar-refractivity contribution in [2.45, 2.75) is 34.5 Å². The minimum atomic E-state index is -3.70. The summed E-state index contributed by atoms with van der Waals surface area (Å²) in [5.41, 5.74) is 7.16. The van der Waals surface area contributed by atoms with Crippen molar-refractivity contribution >= 4 is 58.4 Å². The lowest BCUT2D eigenvalue weighted by molar-refractivity contribution is 0.413. The SMILES string of the molecule is COc1cc(-c2cnn(C3CC3)c2)cc(S(=O)(=O)c2cnc(CN)s2)c1.Cl.Cl.Cl. The molecule has 2 aromatic heterocycles. The molecule has 0 radical (unpaired) electrons. The predicted octanol–water partition coefficient (Wildman–Crippen LogP) is 3.91. The molecule has 1 saturated carbocycles. The fourth-order valence-corrected chi connectivity index (χ4v) is 5.19. The van der Waals surface area contributed by atoms with Crippen LogP contribution in [0.2, 0.25) is 0 Å². The predicted molar refractivity (Wildman–Crippen MR) is 120 cm³/mol. The Labute approximate surface area is 191 Å². The summed E-state index contributed by atoms with van der Waals surface area (Å²) in [5.74, 6) is 0.476. The number of methoxy groups -OCH3 is 1. The molecule has 1 fully saturated rings. The van der Waals surface area contributed by atoms with Gasteiger partial charge in [-0.1, -0.05) is 0 Å². The number of ether oxygens (including phenoxy) is 1. The van der Waals surface area contributed by atoms with E-state index in [4.69, 9.17) is 10.5 Å². The van der Waals surface area contributed by atoms with E-state index in [0.29, 0.717) is 16.8 Å². The normalized spacial score (nSPS) is 13.0. The van der Waals surface area contributed by atoms with Crippen molar-refractivity contribution < 1.29 is 13.2 Å². The van der Waals surface area contributed by atoms with Crippen LogP contribution < -0.4 is 10.5 Å². The minimum absolute atomic E-state index is 0. The van der Waals surface area contributed by atoms with E-state index in [9.17, 15) is 8.42 Å². The number of sulfone groups is 1. The smallest absolute Gasteiger partial charge is 0.217 e. The molecule has 0 atom stereocenters. The summed E-state index contributed by atoms with van der Waals surface area (Å²) >= 11 is 1.08. The van der Waals surface area contributed by atoms with Gasteiger partial charge in [-0.3, -0.25) is 4.68 Å². The molecule has 0 spiro atoms. The third-order valence-corrected chi connectivity index (χ3v) is 7.47. The summed E-state index contributed by atoms with van der Waals surface area (Å²) in [6.07, 6.45) is 7.32. The monoisotopic (exact) mass is 498 g/mol. The number of hydrogen-bond donors (Lipinski definition) is 1. The van der Waals surface area contributed by atoms with Gasteiger partial charge in [0, 0.05) is 18.3 Å². The van der Waals surface area contributed by atoms with Crippen molar-refractivity contribution in [2.24, 2.45) is 5.73 Å². The first kappa shape index (κ1) is 25.7. The van der Waals surface area contributed by atoms with Crippen LogP contribution in [-0.4, -0.2) is 30.3 Å². The molecular formula is C17H21Cl3N4O3S2. The zero-order valence-corrected chi connectivity index (χ0v) is 19.4. The van der Waals surface area contributed by atoms with Gasteiger partial charge in [0.05, 0.1) is 30.4 Å². The number of rotatable bonds is 6. The first-order valence-electron chi connectivity index (χ1n) is 8.14. The van der Waals surface area contributed by atoms with E-state index < -0.39 is 9.84 Å². The summed E-state index contributed by atoms with van der Waals surface area (Å²) in [6.45, 7) is 0.212. The van der Waals surface area contributed by atoms with Gasteiger partial charge >= 0.3 is 0 Å². The molecular weight excluding hydrogens is 479 g/mol. The lowest BCUT2D eigenvalue weighted by atomic mass is 10.1. The Bertz CT molecular complexity index is 1070. The highest BCUT2D eigenvalue weighted by atomic mass is 35.5. The van der Waals surface area contributed by atoms with Crippen molar-refractivity contribution in [3.8, 4) is 16.9 Å². The zero-order chi connectivity index (χ0) is 18.3. The fourth-order valence-electron chi connectivity index (χ4n) is 2.67. The molecule has 29 heavy (non-hydrogen) atoms. The van der Waals surface area contributed by atoms with E-state index in [2.05, 4.69) is 10.1 Å². The Balaban J connectivity index is 0.00000140. The standard InChI is InChI=1S/C17H18N4O3S2.3ClH/c1-24-14-4-11(12-8-20-21(10-12)13-2-3-13)5-15(6-14)26(22,23)17-9-19-16(7-18)25-17;;;/h4-6,8-10,13H,2-3,7,18H2,1H3;3*1H. The van der Waals surface area contributed by atoms with Crippen LogP contribution in [0, 0.1) is 0 Å². The molecule has 160 valence electrons. The van der Waals surface area contributed by atoms with Gasteiger partial charge in [0.1, 0.15) is 15.0 Å². The van der Waals surface area contributed by atoms with Crippen LogP contribution in [0.3, 0.4) is 0 Å². The number of nitrogens with zero attached hydrogens (tertiary/aromatic N) is 3. The fraction of sp³-hybridized carbons (Fsp3) is 0.294. The Morgan fingerprint density at radius 1 is 1.17 bits per heavy atom. The van der Waals surface area contributed by atoms with Crippen molar-refractivity contribution in [1.82, 2.24) is 14.8 Å². The quantitative estimate of drug-likeness (QED) is 0.552. The molecule has 0 unspecified atom stereocenters. The second-order valence-electron chi connectivity index (χ2n) is 6.12. The lowest BCUT2D eigenvalue weighted by Gasteiger charge is -2.08. The highest BCUT2D eigenvalue weighted by Crippen LogP contribution is 2.37. The van der Waals surface area contributed by atoms with Crippen molar-refractivity contribution in [1.29, 1.82) is 0 Å². The summed E-state index contributed by atoms with van der Waals surface area (Å²) in [4.78, 5) is 4.21. The summed E-state index contributed by atoms with van der Waals surface area (Å²) < 4.78 is 33.4. The Kier molecular flexibility index (Phi) is 8.94. The molecule has 1 aromatic carbocycles. The molecule has 1 aliphatic carbocycles. The molecule has 0 bridgehead atoms. The van der Waals surface area contributed by atoms with Gasteiger partial charge < -0.3 is 10.5 Å². The van der Waals surface area contributed by atoms with Gasteiger partial charge in [-0.15, -0.1) is 48.6 Å². The first-order valence-corrected chi connectivity index (χ1v) is 10.4. The zero-order valence-electron chi connectivity index (χ0n) is 15.3. The third-order valence-electron chi connectivity index (χ3n) is 4.25. The van der Waals surface area contributed by atoms with Crippen molar-refractivity contribution in [3.05, 3.63) is 41.8 Å². The maximum atomic E-state index is 13.0.